The van der Waals surface area contributed by atoms with Crippen LogP contribution in [-0.2, 0) is 9.53 Å². The van der Waals surface area contributed by atoms with Gasteiger partial charge < -0.3 is 10.5 Å². The number of esters is 1. The molecule has 0 aromatic heterocycles. The lowest BCUT2D eigenvalue weighted by molar-refractivity contribution is -0.154. The average molecular weight is 407 g/mol. The summed E-state index contributed by atoms with van der Waals surface area (Å²) in [5.74, 6) is -0.210. The summed E-state index contributed by atoms with van der Waals surface area (Å²) in [6.07, 6.45) is 0.528. The fraction of sp³-hybridized carbons (Fsp3) is 0.533. The number of hydrogen-bond donors (Lipinski definition) is 1. The molecule has 0 heterocycles. The first-order valence-corrected chi connectivity index (χ1v) is 8.16. The number of benzene rings is 1. The molecule has 0 bridgehead atoms. The largest absolute Gasteiger partial charge is 0.466 e. The van der Waals surface area contributed by atoms with Crippen LogP contribution in [0.3, 0.4) is 0 Å². The molecule has 0 aliphatic heterocycles. The summed E-state index contributed by atoms with van der Waals surface area (Å²) in [4.78, 5) is 11.9. The van der Waals surface area contributed by atoms with Gasteiger partial charge in [0, 0.05) is 15.0 Å². The monoisotopic (exact) mass is 405 g/mol. The van der Waals surface area contributed by atoms with Gasteiger partial charge in [-0.15, -0.1) is 0 Å². The van der Waals surface area contributed by atoms with Crippen molar-refractivity contribution in [3.05, 3.63) is 32.2 Å². The zero-order valence-corrected chi connectivity index (χ0v) is 15.5. The standard InChI is InChI=1S/C15H21Br2NO2/c1-5-20-14(19)15(3,4)8-13(18)10-7-11(16)9(2)6-12(10)17/h6-7,13H,5,8,18H2,1-4H3. The highest BCUT2D eigenvalue weighted by Gasteiger charge is 2.32. The normalized spacial score (nSPS) is 13.2. The lowest BCUT2D eigenvalue weighted by Crippen LogP contribution is -2.31. The molecule has 5 heteroatoms. The second-order valence-corrected chi connectivity index (χ2v) is 7.25. The van der Waals surface area contributed by atoms with E-state index in [1.165, 1.54) is 0 Å². The second-order valence-electron chi connectivity index (χ2n) is 5.54. The van der Waals surface area contributed by atoms with Gasteiger partial charge in [-0.3, -0.25) is 4.79 Å². The number of halogens is 2. The molecule has 112 valence electrons. The molecule has 0 radical (unpaired) electrons. The van der Waals surface area contributed by atoms with Crippen molar-refractivity contribution in [2.24, 2.45) is 11.1 Å². The summed E-state index contributed by atoms with van der Waals surface area (Å²) < 4.78 is 7.08. The number of aryl methyl sites for hydroxylation is 1. The Kier molecular flexibility index (Phi) is 6.23. The van der Waals surface area contributed by atoms with Gasteiger partial charge in [0.05, 0.1) is 12.0 Å². The summed E-state index contributed by atoms with van der Waals surface area (Å²) in [5.41, 5.74) is 7.79. The Hall–Kier alpha value is -0.390. The molecule has 0 saturated carbocycles. The fourth-order valence-electron chi connectivity index (χ4n) is 2.02. The van der Waals surface area contributed by atoms with Gasteiger partial charge in [0.2, 0.25) is 0 Å². The molecule has 1 rings (SSSR count). The van der Waals surface area contributed by atoms with Gasteiger partial charge in [-0.25, -0.2) is 0 Å². The van der Waals surface area contributed by atoms with Crippen LogP contribution in [0.15, 0.2) is 21.1 Å². The molecule has 20 heavy (non-hydrogen) atoms. The van der Waals surface area contributed by atoms with Gasteiger partial charge >= 0.3 is 5.97 Å². The van der Waals surface area contributed by atoms with E-state index >= 15 is 0 Å². The predicted molar refractivity (Wildman–Crippen MR) is 88.5 cm³/mol. The zero-order chi connectivity index (χ0) is 15.5. The number of ether oxygens (including phenoxy) is 1. The molecule has 3 nitrogen and oxygen atoms in total. The minimum absolute atomic E-state index is 0.210. The van der Waals surface area contributed by atoms with Crippen molar-refractivity contribution >= 4 is 37.8 Å². The Bertz CT molecular complexity index is 501. The fourth-order valence-corrected chi connectivity index (χ4v) is 3.13. The summed E-state index contributed by atoms with van der Waals surface area (Å²) >= 11 is 7.05. The first-order valence-electron chi connectivity index (χ1n) is 6.57. The summed E-state index contributed by atoms with van der Waals surface area (Å²) in [5, 5.41) is 0. The highest BCUT2D eigenvalue weighted by Crippen LogP contribution is 2.35. The molecule has 0 amide bonds. The molecule has 1 unspecified atom stereocenters. The maximum absolute atomic E-state index is 11.9. The third-order valence-corrected chi connectivity index (χ3v) is 4.78. The molecular formula is C15H21Br2NO2. The van der Waals surface area contributed by atoms with E-state index in [1.54, 1.807) is 0 Å². The lowest BCUT2D eigenvalue weighted by atomic mass is 9.84. The Morgan fingerprint density at radius 2 is 1.95 bits per heavy atom. The average Bonchev–Trinajstić information content (AvgIpc) is 2.33. The molecular weight excluding hydrogens is 386 g/mol. The van der Waals surface area contributed by atoms with Crippen molar-refractivity contribution in [2.75, 3.05) is 6.61 Å². The molecule has 1 aromatic rings. The van der Waals surface area contributed by atoms with Gasteiger partial charge in [-0.2, -0.15) is 0 Å². The van der Waals surface area contributed by atoms with Crippen LogP contribution in [0, 0.1) is 12.3 Å². The van der Waals surface area contributed by atoms with Crippen LogP contribution in [0.25, 0.3) is 0 Å². The van der Waals surface area contributed by atoms with Crippen molar-refractivity contribution in [1.29, 1.82) is 0 Å². The second kappa shape index (κ2) is 7.05. The van der Waals surface area contributed by atoms with Crippen molar-refractivity contribution < 1.29 is 9.53 Å². The zero-order valence-electron chi connectivity index (χ0n) is 12.3. The van der Waals surface area contributed by atoms with Crippen molar-refractivity contribution in [2.45, 2.75) is 40.2 Å². The third kappa shape index (κ3) is 4.30. The topological polar surface area (TPSA) is 52.3 Å². The van der Waals surface area contributed by atoms with Gasteiger partial charge in [0.1, 0.15) is 0 Å². The van der Waals surface area contributed by atoms with E-state index in [9.17, 15) is 4.79 Å². The van der Waals surface area contributed by atoms with E-state index in [0.717, 1.165) is 20.1 Å². The van der Waals surface area contributed by atoms with E-state index in [2.05, 4.69) is 31.9 Å². The van der Waals surface area contributed by atoms with E-state index < -0.39 is 5.41 Å². The van der Waals surface area contributed by atoms with E-state index in [-0.39, 0.29) is 12.0 Å². The summed E-state index contributed by atoms with van der Waals surface area (Å²) in [7, 11) is 0. The Morgan fingerprint density at radius 1 is 1.35 bits per heavy atom. The minimum atomic E-state index is -0.605. The first-order chi connectivity index (χ1) is 9.19. The molecule has 0 fully saturated rings. The van der Waals surface area contributed by atoms with Crippen LogP contribution in [-0.4, -0.2) is 12.6 Å². The minimum Gasteiger partial charge on any atom is -0.466 e. The maximum Gasteiger partial charge on any atom is 0.311 e. The van der Waals surface area contributed by atoms with Gasteiger partial charge in [0.25, 0.3) is 0 Å². The summed E-state index contributed by atoms with van der Waals surface area (Å²) in [6.45, 7) is 7.94. The van der Waals surface area contributed by atoms with Gasteiger partial charge in [0.15, 0.2) is 0 Å². The number of carbonyl (C=O) groups is 1. The van der Waals surface area contributed by atoms with Crippen LogP contribution < -0.4 is 5.73 Å². The number of rotatable bonds is 5. The quantitative estimate of drug-likeness (QED) is 0.732. The Balaban J connectivity index is 2.94. The smallest absolute Gasteiger partial charge is 0.311 e. The van der Waals surface area contributed by atoms with E-state index in [4.69, 9.17) is 10.5 Å². The molecule has 1 aromatic carbocycles. The summed E-state index contributed by atoms with van der Waals surface area (Å²) in [6, 6.07) is 3.79. The number of nitrogens with two attached hydrogens (primary N) is 1. The third-order valence-electron chi connectivity index (χ3n) is 3.24. The molecule has 0 saturated heterocycles. The number of carbonyl (C=O) groups excluding carboxylic acids is 1. The van der Waals surface area contributed by atoms with Crippen LogP contribution in [0.4, 0.5) is 0 Å². The van der Waals surface area contributed by atoms with Crippen LogP contribution in [0.1, 0.15) is 44.4 Å². The van der Waals surface area contributed by atoms with Crippen molar-refractivity contribution in [3.8, 4) is 0 Å². The van der Waals surface area contributed by atoms with Gasteiger partial charge in [-0.1, -0.05) is 31.9 Å². The first kappa shape index (κ1) is 17.7. The van der Waals surface area contributed by atoms with E-state index in [1.807, 2.05) is 39.8 Å². The lowest BCUT2D eigenvalue weighted by Gasteiger charge is -2.26. The number of hydrogen-bond acceptors (Lipinski definition) is 3. The molecule has 2 N–H and O–H groups in total. The molecule has 0 aliphatic carbocycles. The van der Waals surface area contributed by atoms with Crippen molar-refractivity contribution in [1.82, 2.24) is 0 Å². The van der Waals surface area contributed by atoms with E-state index in [0.29, 0.717) is 13.0 Å². The van der Waals surface area contributed by atoms with Crippen LogP contribution in [0.5, 0.6) is 0 Å². The van der Waals surface area contributed by atoms with Gasteiger partial charge in [-0.05, 0) is 57.4 Å². The molecule has 1 atom stereocenters. The predicted octanol–water partition coefficient (Wildman–Crippen LogP) is 4.50. The van der Waals surface area contributed by atoms with Crippen LogP contribution in [0.2, 0.25) is 0 Å². The van der Waals surface area contributed by atoms with Crippen LogP contribution >= 0.6 is 31.9 Å². The molecule has 0 aliphatic rings. The Labute approximate surface area is 137 Å². The highest BCUT2D eigenvalue weighted by molar-refractivity contribution is 9.11. The Morgan fingerprint density at radius 3 is 2.50 bits per heavy atom. The highest BCUT2D eigenvalue weighted by atomic mass is 79.9. The van der Waals surface area contributed by atoms with Crippen molar-refractivity contribution in [3.63, 3.8) is 0 Å². The molecule has 0 spiro atoms. The maximum atomic E-state index is 11.9. The SMILES string of the molecule is CCOC(=O)C(C)(C)CC(N)c1cc(Br)c(C)cc1Br.